The van der Waals surface area contributed by atoms with Crippen LogP contribution < -0.4 is 0 Å². The Morgan fingerprint density at radius 2 is 2.05 bits per heavy atom. The lowest BCUT2D eigenvalue weighted by atomic mass is 9.94. The van der Waals surface area contributed by atoms with Crippen LogP contribution in [0.25, 0.3) is 0 Å². The third kappa shape index (κ3) is 5.23. The number of rotatable bonds is 3. The van der Waals surface area contributed by atoms with Gasteiger partial charge in [0.15, 0.2) is 0 Å². The van der Waals surface area contributed by atoms with Gasteiger partial charge in [-0.15, -0.1) is 0 Å². The van der Waals surface area contributed by atoms with Gasteiger partial charge in [-0.25, -0.2) is 4.79 Å². The normalized spacial score (nSPS) is 27.7. The first-order valence-corrected chi connectivity index (χ1v) is 9.66. The maximum Gasteiger partial charge on any atom is 0.410 e. The molecule has 6 heteroatoms. The molecule has 2 aliphatic heterocycles. The minimum Gasteiger partial charge on any atom is -0.444 e. The molecule has 5 nitrogen and oxygen atoms in total. The molecule has 2 fully saturated rings. The number of hydrogen-bond acceptors (Lipinski definition) is 4. The van der Waals surface area contributed by atoms with Gasteiger partial charge in [-0.1, -0.05) is 22.6 Å². The van der Waals surface area contributed by atoms with Crippen molar-refractivity contribution in [3.05, 3.63) is 0 Å². The highest BCUT2D eigenvalue weighted by molar-refractivity contribution is 14.1. The van der Waals surface area contributed by atoms with Gasteiger partial charge in [-0.2, -0.15) is 0 Å². The second kappa shape index (κ2) is 7.66. The zero-order valence-corrected chi connectivity index (χ0v) is 16.1. The molecule has 0 saturated carbocycles. The molecule has 2 rings (SSSR count). The number of piperidine rings is 1. The maximum absolute atomic E-state index is 12.3. The molecule has 2 aliphatic rings. The Morgan fingerprint density at radius 1 is 1.36 bits per heavy atom. The Kier molecular flexibility index (Phi) is 6.36. The van der Waals surface area contributed by atoms with Crippen molar-refractivity contribution in [3.63, 3.8) is 0 Å². The van der Waals surface area contributed by atoms with Crippen molar-refractivity contribution in [3.8, 4) is 0 Å². The molecule has 0 radical (unpaired) electrons. The zero-order valence-electron chi connectivity index (χ0n) is 13.9. The second-order valence-corrected chi connectivity index (χ2v) is 8.01. The summed E-state index contributed by atoms with van der Waals surface area (Å²) in [7, 11) is 0. The van der Waals surface area contributed by atoms with Crippen molar-refractivity contribution >= 4 is 28.7 Å². The molecule has 1 amide bonds. The number of halogens is 1. The largest absolute Gasteiger partial charge is 0.444 e. The Labute approximate surface area is 147 Å². The van der Waals surface area contributed by atoms with E-state index in [4.69, 9.17) is 14.2 Å². The van der Waals surface area contributed by atoms with Gasteiger partial charge in [0, 0.05) is 24.2 Å². The minimum absolute atomic E-state index is 0.225. The lowest BCUT2D eigenvalue weighted by molar-refractivity contribution is -0.136. The van der Waals surface area contributed by atoms with Gasteiger partial charge < -0.3 is 19.1 Å². The third-order valence-corrected chi connectivity index (χ3v) is 5.41. The second-order valence-electron chi connectivity index (χ2n) is 7.25. The lowest BCUT2D eigenvalue weighted by Crippen LogP contribution is -2.55. The summed E-state index contributed by atoms with van der Waals surface area (Å²) in [6.45, 7) is 8.64. The van der Waals surface area contributed by atoms with Crippen molar-refractivity contribution in [2.24, 2.45) is 0 Å². The van der Waals surface area contributed by atoms with Crippen LogP contribution in [0.15, 0.2) is 0 Å². The predicted molar refractivity (Wildman–Crippen MR) is 93.6 cm³/mol. The topological polar surface area (TPSA) is 48.0 Å². The smallest absolute Gasteiger partial charge is 0.410 e. The highest BCUT2D eigenvalue weighted by Crippen LogP contribution is 2.31. The molecule has 2 heterocycles. The van der Waals surface area contributed by atoms with Gasteiger partial charge in [0.2, 0.25) is 0 Å². The number of nitrogens with zero attached hydrogens (tertiary/aromatic N) is 1. The van der Waals surface area contributed by atoms with E-state index in [1.807, 2.05) is 25.7 Å². The van der Waals surface area contributed by atoms with E-state index in [-0.39, 0.29) is 17.8 Å². The molecule has 0 aromatic heterocycles. The van der Waals surface area contributed by atoms with Crippen molar-refractivity contribution in [2.45, 2.75) is 63.8 Å². The number of likely N-dealkylation sites (tertiary alicyclic amines) is 1. The summed E-state index contributed by atoms with van der Waals surface area (Å²) >= 11 is 2.38. The summed E-state index contributed by atoms with van der Waals surface area (Å²) < 4.78 is 18.3. The Bertz CT molecular complexity index is 379. The van der Waals surface area contributed by atoms with Crippen molar-refractivity contribution in [1.29, 1.82) is 0 Å². The van der Waals surface area contributed by atoms with E-state index in [1.54, 1.807) is 0 Å². The number of alkyl halides is 1. The van der Waals surface area contributed by atoms with Crippen LogP contribution in [0.1, 0.15) is 46.5 Å². The van der Waals surface area contributed by atoms with Crippen LogP contribution in [0, 0.1) is 0 Å². The lowest BCUT2D eigenvalue weighted by Gasteiger charge is -2.44. The number of amides is 1. The number of carbonyl (C=O) groups is 1. The number of carbonyl (C=O) groups excluding carboxylic acids is 1. The van der Waals surface area contributed by atoms with Crippen molar-refractivity contribution in [2.75, 3.05) is 30.7 Å². The Morgan fingerprint density at radius 3 is 2.64 bits per heavy atom. The molecule has 0 N–H and O–H groups in total. The fourth-order valence-corrected chi connectivity index (χ4v) is 3.77. The summed E-state index contributed by atoms with van der Waals surface area (Å²) in [5.74, 6) is 0. The fraction of sp³-hybridized carbons (Fsp3) is 0.938. The monoisotopic (exact) mass is 425 g/mol. The molecule has 0 aromatic carbocycles. The van der Waals surface area contributed by atoms with E-state index in [0.29, 0.717) is 6.54 Å². The maximum atomic E-state index is 12.3. The number of hydrogen-bond donors (Lipinski definition) is 0. The van der Waals surface area contributed by atoms with Gasteiger partial charge in [0.25, 0.3) is 0 Å². The summed E-state index contributed by atoms with van der Waals surface area (Å²) in [5.41, 5.74) is -0.694. The molecule has 22 heavy (non-hydrogen) atoms. The van der Waals surface area contributed by atoms with Crippen LogP contribution in [0.3, 0.4) is 0 Å². The zero-order chi connectivity index (χ0) is 16.2. The SMILES string of the molecule is CC(C)(C)OC(=O)N1CCCC(CI)(OC2CCOCC2)C1. The van der Waals surface area contributed by atoms with Crippen LogP contribution in [0.4, 0.5) is 4.79 Å². The highest BCUT2D eigenvalue weighted by Gasteiger charge is 2.40. The summed E-state index contributed by atoms with van der Waals surface area (Å²) in [4.78, 5) is 14.1. The first-order valence-electron chi connectivity index (χ1n) is 8.13. The molecule has 1 unspecified atom stereocenters. The molecule has 1 atom stereocenters. The van der Waals surface area contributed by atoms with Crippen LogP contribution in [0.5, 0.6) is 0 Å². The quantitative estimate of drug-likeness (QED) is 0.514. The molecular weight excluding hydrogens is 397 g/mol. The molecule has 0 bridgehead atoms. The molecule has 0 aliphatic carbocycles. The van der Waals surface area contributed by atoms with Gasteiger partial charge in [0.05, 0.1) is 18.2 Å². The van der Waals surface area contributed by atoms with Crippen molar-refractivity contribution in [1.82, 2.24) is 4.90 Å². The molecule has 0 aromatic rings. The third-order valence-electron chi connectivity index (χ3n) is 4.02. The van der Waals surface area contributed by atoms with E-state index >= 15 is 0 Å². The van der Waals surface area contributed by atoms with E-state index in [2.05, 4.69) is 22.6 Å². The molecular formula is C16H28INO4. The fourth-order valence-electron chi connectivity index (χ4n) is 2.96. The van der Waals surface area contributed by atoms with E-state index < -0.39 is 5.60 Å². The first-order chi connectivity index (χ1) is 10.3. The average Bonchev–Trinajstić information content (AvgIpc) is 2.47. The minimum atomic E-state index is -0.455. The summed E-state index contributed by atoms with van der Waals surface area (Å²) in [6.07, 6.45) is 3.90. The molecule has 2 saturated heterocycles. The van der Waals surface area contributed by atoms with Crippen LogP contribution in [0.2, 0.25) is 0 Å². The van der Waals surface area contributed by atoms with Gasteiger partial charge >= 0.3 is 6.09 Å². The predicted octanol–water partition coefficient (Wildman–Crippen LogP) is 3.39. The Balaban J connectivity index is 1.97. The molecule has 0 spiro atoms. The van der Waals surface area contributed by atoms with Gasteiger partial charge in [-0.3, -0.25) is 0 Å². The Hall–Kier alpha value is -0.0800. The van der Waals surface area contributed by atoms with E-state index in [0.717, 1.165) is 49.9 Å². The van der Waals surface area contributed by atoms with Gasteiger partial charge in [-0.05, 0) is 46.5 Å². The van der Waals surface area contributed by atoms with Crippen molar-refractivity contribution < 1.29 is 19.0 Å². The summed E-state index contributed by atoms with van der Waals surface area (Å²) in [6, 6.07) is 0. The first kappa shape index (κ1) is 18.3. The van der Waals surface area contributed by atoms with Crippen LogP contribution >= 0.6 is 22.6 Å². The summed E-state index contributed by atoms with van der Waals surface area (Å²) in [5, 5.41) is 0. The standard InChI is InChI=1S/C16H28INO4/c1-15(2,3)22-14(19)18-8-4-7-16(11-17,12-18)21-13-5-9-20-10-6-13/h13H,4-12H2,1-3H3. The average molecular weight is 425 g/mol. The van der Waals surface area contributed by atoms with Gasteiger partial charge in [0.1, 0.15) is 5.60 Å². The van der Waals surface area contributed by atoms with Crippen LogP contribution in [-0.2, 0) is 14.2 Å². The van der Waals surface area contributed by atoms with Crippen LogP contribution in [-0.4, -0.2) is 59.0 Å². The molecule has 128 valence electrons. The van der Waals surface area contributed by atoms with E-state index in [9.17, 15) is 4.79 Å². The van der Waals surface area contributed by atoms with E-state index in [1.165, 1.54) is 0 Å². The highest BCUT2D eigenvalue weighted by atomic mass is 127. The number of ether oxygens (including phenoxy) is 3.